The SMILES string of the molecule is C[C@@H]1C2=C(CC[C@H]2C(=O)N2CCC(C(F)(F)F)CC2)Cc2c1cnn2-c1ccc(F)cc1. The van der Waals surface area contributed by atoms with Gasteiger partial charge < -0.3 is 4.90 Å². The largest absolute Gasteiger partial charge is 0.391 e. The van der Waals surface area contributed by atoms with E-state index in [4.69, 9.17) is 0 Å². The van der Waals surface area contributed by atoms with Gasteiger partial charge in [-0.15, -0.1) is 0 Å². The maximum Gasteiger partial charge on any atom is 0.391 e. The van der Waals surface area contributed by atoms with Crippen molar-refractivity contribution in [2.75, 3.05) is 13.1 Å². The van der Waals surface area contributed by atoms with Crippen LogP contribution in [0.5, 0.6) is 0 Å². The van der Waals surface area contributed by atoms with Crippen LogP contribution in [0.2, 0.25) is 0 Å². The average Bonchev–Trinajstić information content (AvgIpc) is 3.38. The van der Waals surface area contributed by atoms with Gasteiger partial charge in [-0.05, 0) is 49.9 Å². The fraction of sp³-hybridized carbons (Fsp3) is 0.500. The number of hydrogen-bond donors (Lipinski definition) is 0. The standard InChI is InChI=1S/C24H25F4N3O/c1-14-20-13-29-31(18-5-3-17(25)4-6-18)21(20)12-15-2-7-19(22(14)15)23(32)30-10-8-16(9-11-30)24(26,27)28/h3-6,13-14,16,19H,2,7-12H2,1H3/t14-,19+/m0/s1. The van der Waals surface area contributed by atoms with Crippen LogP contribution in [-0.2, 0) is 11.2 Å². The van der Waals surface area contributed by atoms with Gasteiger partial charge in [0, 0.05) is 31.0 Å². The maximum absolute atomic E-state index is 13.3. The average molecular weight is 447 g/mol. The molecule has 0 N–H and O–H groups in total. The number of benzene rings is 1. The molecule has 0 saturated carbocycles. The molecule has 0 bridgehead atoms. The number of likely N-dealkylation sites (tertiary alicyclic amines) is 1. The van der Waals surface area contributed by atoms with Crippen LogP contribution in [-0.4, -0.2) is 39.9 Å². The van der Waals surface area contributed by atoms with Crippen molar-refractivity contribution in [1.29, 1.82) is 0 Å². The Morgan fingerprint density at radius 1 is 1.09 bits per heavy atom. The van der Waals surface area contributed by atoms with E-state index < -0.39 is 12.1 Å². The van der Waals surface area contributed by atoms with Crippen LogP contribution < -0.4 is 0 Å². The number of amides is 1. The van der Waals surface area contributed by atoms with Crippen LogP contribution in [0.15, 0.2) is 41.6 Å². The normalized spacial score (nSPS) is 24.0. The summed E-state index contributed by atoms with van der Waals surface area (Å²) in [6.45, 7) is 2.42. The summed E-state index contributed by atoms with van der Waals surface area (Å²) in [4.78, 5) is 14.9. The highest BCUT2D eigenvalue weighted by Crippen LogP contribution is 2.48. The molecule has 5 rings (SSSR count). The van der Waals surface area contributed by atoms with Crippen LogP contribution >= 0.6 is 0 Å². The fourth-order valence-electron chi connectivity index (χ4n) is 5.67. The highest BCUT2D eigenvalue weighted by atomic mass is 19.4. The first-order valence-corrected chi connectivity index (χ1v) is 11.1. The first-order valence-electron chi connectivity index (χ1n) is 11.1. The van der Waals surface area contributed by atoms with Crippen LogP contribution in [0.3, 0.4) is 0 Å². The highest BCUT2D eigenvalue weighted by Gasteiger charge is 2.44. The molecule has 1 fully saturated rings. The Morgan fingerprint density at radius 2 is 1.78 bits per heavy atom. The van der Waals surface area contributed by atoms with Crippen LogP contribution in [0.1, 0.15) is 49.8 Å². The number of fused-ring (bicyclic) bond motifs is 1. The zero-order valence-corrected chi connectivity index (χ0v) is 17.8. The zero-order chi connectivity index (χ0) is 22.6. The molecule has 0 radical (unpaired) electrons. The summed E-state index contributed by atoms with van der Waals surface area (Å²) >= 11 is 0. The number of rotatable bonds is 2. The predicted molar refractivity (Wildman–Crippen MR) is 111 cm³/mol. The minimum absolute atomic E-state index is 0.0159. The third-order valence-electron chi connectivity index (χ3n) is 7.37. The van der Waals surface area contributed by atoms with Crippen molar-refractivity contribution in [2.24, 2.45) is 11.8 Å². The molecule has 0 spiro atoms. The molecule has 2 atom stereocenters. The minimum Gasteiger partial charge on any atom is -0.342 e. The van der Waals surface area contributed by atoms with Gasteiger partial charge in [-0.25, -0.2) is 9.07 Å². The number of carbonyl (C=O) groups excluding carboxylic acids is 1. The maximum atomic E-state index is 13.3. The molecule has 3 aliphatic rings. The lowest BCUT2D eigenvalue weighted by atomic mass is 9.79. The van der Waals surface area contributed by atoms with E-state index in [1.165, 1.54) is 17.7 Å². The van der Waals surface area contributed by atoms with Gasteiger partial charge in [-0.3, -0.25) is 4.79 Å². The highest BCUT2D eigenvalue weighted by molar-refractivity contribution is 5.83. The van der Waals surface area contributed by atoms with Crippen molar-refractivity contribution in [2.45, 2.75) is 51.1 Å². The number of halogens is 4. The summed E-state index contributed by atoms with van der Waals surface area (Å²) in [5.41, 5.74) is 5.27. The van der Waals surface area contributed by atoms with E-state index in [-0.39, 0.29) is 49.5 Å². The molecule has 0 unspecified atom stereocenters. The zero-order valence-electron chi connectivity index (χ0n) is 17.8. The molecule has 1 aromatic heterocycles. The Bertz CT molecular complexity index is 1060. The molecule has 32 heavy (non-hydrogen) atoms. The lowest BCUT2D eigenvalue weighted by molar-refractivity contribution is -0.186. The summed E-state index contributed by atoms with van der Waals surface area (Å²) in [5, 5.41) is 4.53. The molecule has 2 heterocycles. The third kappa shape index (κ3) is 3.53. The molecule has 1 amide bonds. The van der Waals surface area contributed by atoms with E-state index in [2.05, 4.69) is 12.0 Å². The van der Waals surface area contributed by atoms with E-state index >= 15 is 0 Å². The Hall–Kier alpha value is -2.64. The Labute approximate surface area is 183 Å². The summed E-state index contributed by atoms with van der Waals surface area (Å²) in [6.07, 6.45) is -0.189. The third-order valence-corrected chi connectivity index (χ3v) is 7.37. The summed E-state index contributed by atoms with van der Waals surface area (Å²) in [6, 6.07) is 6.21. The lowest BCUT2D eigenvalue weighted by Gasteiger charge is -2.35. The topological polar surface area (TPSA) is 38.1 Å². The molecular weight excluding hydrogens is 422 g/mol. The van der Waals surface area contributed by atoms with Crippen LogP contribution in [0, 0.1) is 17.7 Å². The van der Waals surface area contributed by atoms with Crippen molar-refractivity contribution in [1.82, 2.24) is 14.7 Å². The van der Waals surface area contributed by atoms with Crippen LogP contribution in [0.25, 0.3) is 5.69 Å². The smallest absolute Gasteiger partial charge is 0.342 e. The van der Waals surface area contributed by atoms with E-state index in [9.17, 15) is 22.4 Å². The molecule has 1 aromatic carbocycles. The van der Waals surface area contributed by atoms with Crippen molar-refractivity contribution < 1.29 is 22.4 Å². The second-order valence-corrected chi connectivity index (χ2v) is 9.12. The number of carbonyl (C=O) groups is 1. The predicted octanol–water partition coefficient (Wildman–Crippen LogP) is 5.18. The number of piperidine rings is 1. The van der Waals surface area contributed by atoms with Gasteiger partial charge in [0.25, 0.3) is 0 Å². The van der Waals surface area contributed by atoms with E-state index in [0.717, 1.165) is 28.9 Å². The number of nitrogens with zero attached hydrogens (tertiary/aromatic N) is 3. The quantitative estimate of drug-likeness (QED) is 0.470. The van der Waals surface area contributed by atoms with Gasteiger partial charge in [0.2, 0.25) is 5.91 Å². The van der Waals surface area contributed by atoms with Gasteiger partial charge in [0.1, 0.15) is 5.82 Å². The van der Waals surface area contributed by atoms with Crippen molar-refractivity contribution in [3.05, 3.63) is 58.7 Å². The number of alkyl halides is 3. The molecule has 8 heteroatoms. The summed E-state index contributed by atoms with van der Waals surface area (Å²) in [7, 11) is 0. The fourth-order valence-corrected chi connectivity index (χ4v) is 5.67. The molecule has 2 aliphatic carbocycles. The number of allylic oxidation sites excluding steroid dienone is 1. The summed E-state index contributed by atoms with van der Waals surface area (Å²) < 4.78 is 54.1. The van der Waals surface area contributed by atoms with Gasteiger partial charge in [0.15, 0.2) is 0 Å². The van der Waals surface area contributed by atoms with Gasteiger partial charge in [-0.2, -0.15) is 18.3 Å². The van der Waals surface area contributed by atoms with E-state index in [0.29, 0.717) is 12.8 Å². The van der Waals surface area contributed by atoms with Gasteiger partial charge in [-0.1, -0.05) is 18.1 Å². The first-order chi connectivity index (χ1) is 15.2. The van der Waals surface area contributed by atoms with E-state index in [1.807, 2.05) is 10.9 Å². The Morgan fingerprint density at radius 3 is 2.44 bits per heavy atom. The number of hydrogen-bond acceptors (Lipinski definition) is 2. The second kappa shape index (κ2) is 7.74. The first kappa shape index (κ1) is 21.2. The number of aromatic nitrogens is 2. The Balaban J connectivity index is 1.36. The van der Waals surface area contributed by atoms with Gasteiger partial charge >= 0.3 is 6.18 Å². The van der Waals surface area contributed by atoms with Gasteiger partial charge in [0.05, 0.1) is 29.4 Å². The molecule has 2 aromatic rings. The molecule has 4 nitrogen and oxygen atoms in total. The van der Waals surface area contributed by atoms with Crippen molar-refractivity contribution >= 4 is 5.91 Å². The lowest BCUT2D eigenvalue weighted by Crippen LogP contribution is -2.44. The molecule has 1 aliphatic heterocycles. The molecule has 1 saturated heterocycles. The monoisotopic (exact) mass is 447 g/mol. The van der Waals surface area contributed by atoms with Crippen LogP contribution in [0.4, 0.5) is 17.6 Å². The molecular formula is C24H25F4N3O. The molecule has 170 valence electrons. The van der Waals surface area contributed by atoms with Crippen molar-refractivity contribution in [3.63, 3.8) is 0 Å². The second-order valence-electron chi connectivity index (χ2n) is 9.12. The van der Waals surface area contributed by atoms with E-state index in [1.54, 1.807) is 17.0 Å². The summed E-state index contributed by atoms with van der Waals surface area (Å²) in [5.74, 6) is -1.88. The van der Waals surface area contributed by atoms with Crippen molar-refractivity contribution in [3.8, 4) is 5.69 Å². The Kier molecular flexibility index (Phi) is 5.13. The minimum atomic E-state index is -4.18.